The van der Waals surface area contributed by atoms with E-state index in [-0.39, 0.29) is 12.0 Å². The largest absolute Gasteiger partial charge is 0.392 e. The summed E-state index contributed by atoms with van der Waals surface area (Å²) in [7, 11) is 0. The van der Waals surface area contributed by atoms with E-state index in [0.717, 1.165) is 25.1 Å². The van der Waals surface area contributed by atoms with E-state index in [1.165, 1.54) is 19.3 Å². The van der Waals surface area contributed by atoms with Crippen LogP contribution in [-0.2, 0) is 0 Å². The predicted octanol–water partition coefficient (Wildman–Crippen LogP) is 3.70. The molecule has 4 heteroatoms. The van der Waals surface area contributed by atoms with Gasteiger partial charge in [-0.3, -0.25) is 4.90 Å². The van der Waals surface area contributed by atoms with E-state index in [1.54, 1.807) is 0 Å². The zero-order chi connectivity index (χ0) is 13.4. The van der Waals surface area contributed by atoms with Gasteiger partial charge in [-0.05, 0) is 43.5 Å². The van der Waals surface area contributed by atoms with Crippen LogP contribution in [0.4, 0.5) is 0 Å². The normalized spacial score (nSPS) is 32.1. The number of rotatable bonds is 1. The Morgan fingerprint density at radius 1 is 1.05 bits per heavy atom. The van der Waals surface area contributed by atoms with Crippen LogP contribution in [0.5, 0.6) is 0 Å². The van der Waals surface area contributed by atoms with Crippen molar-refractivity contribution in [3.8, 4) is 0 Å². The van der Waals surface area contributed by atoms with E-state index >= 15 is 0 Å². The molecule has 2 nitrogen and oxygen atoms in total. The number of benzene rings is 1. The Morgan fingerprint density at radius 2 is 1.89 bits per heavy atom. The molecule has 2 saturated heterocycles. The highest BCUT2D eigenvalue weighted by atomic mass is 35.5. The van der Waals surface area contributed by atoms with E-state index in [1.807, 2.05) is 18.2 Å². The van der Waals surface area contributed by atoms with Crippen LogP contribution in [0.25, 0.3) is 0 Å². The first-order chi connectivity index (χ1) is 9.16. The topological polar surface area (TPSA) is 23.5 Å². The van der Waals surface area contributed by atoms with Crippen molar-refractivity contribution in [3.63, 3.8) is 0 Å². The van der Waals surface area contributed by atoms with Gasteiger partial charge in [0, 0.05) is 18.5 Å². The number of fused-ring (bicyclic) bond motifs is 1. The maximum atomic E-state index is 10.4. The number of aliphatic hydroxyl groups is 1. The molecule has 2 aliphatic heterocycles. The van der Waals surface area contributed by atoms with Crippen LogP contribution in [-0.4, -0.2) is 35.2 Å². The Kier molecular flexibility index (Phi) is 4.04. The summed E-state index contributed by atoms with van der Waals surface area (Å²) >= 11 is 12.1. The lowest BCUT2D eigenvalue weighted by atomic mass is 9.77. The molecule has 3 atom stereocenters. The maximum Gasteiger partial charge on any atom is 0.0636 e. The predicted molar refractivity (Wildman–Crippen MR) is 79.0 cm³/mol. The molecule has 2 aliphatic rings. The van der Waals surface area contributed by atoms with Crippen molar-refractivity contribution in [2.75, 3.05) is 13.1 Å². The van der Waals surface area contributed by atoms with Gasteiger partial charge in [-0.1, -0.05) is 35.7 Å². The molecule has 3 rings (SSSR count). The lowest BCUT2D eigenvalue weighted by Crippen LogP contribution is -2.51. The van der Waals surface area contributed by atoms with E-state index in [0.29, 0.717) is 16.1 Å². The molecule has 1 aromatic carbocycles. The first-order valence-electron chi connectivity index (χ1n) is 7.04. The van der Waals surface area contributed by atoms with Gasteiger partial charge in [0.2, 0.25) is 0 Å². The molecular formula is C15H19Cl2NO. The summed E-state index contributed by atoms with van der Waals surface area (Å²) in [4.78, 5) is 2.53. The van der Waals surface area contributed by atoms with Crippen molar-refractivity contribution in [2.24, 2.45) is 0 Å². The minimum Gasteiger partial charge on any atom is -0.392 e. The molecule has 1 aromatic rings. The van der Waals surface area contributed by atoms with Gasteiger partial charge in [0.1, 0.15) is 0 Å². The van der Waals surface area contributed by atoms with E-state index in [2.05, 4.69) is 4.90 Å². The molecule has 0 bridgehead atoms. The lowest BCUT2D eigenvalue weighted by Gasteiger charge is -2.46. The van der Waals surface area contributed by atoms with Crippen LogP contribution in [0.3, 0.4) is 0 Å². The Balaban J connectivity index is 1.92. The molecular weight excluding hydrogens is 281 g/mol. The second-order valence-electron chi connectivity index (χ2n) is 5.65. The summed E-state index contributed by atoms with van der Waals surface area (Å²) in [5.74, 6) is 0.170. The summed E-state index contributed by atoms with van der Waals surface area (Å²) < 4.78 is 0. The lowest BCUT2D eigenvalue weighted by molar-refractivity contribution is 0.00108. The first-order valence-corrected chi connectivity index (χ1v) is 7.79. The fourth-order valence-electron chi connectivity index (χ4n) is 3.60. The molecule has 0 spiro atoms. The molecule has 0 aromatic heterocycles. The third-order valence-electron chi connectivity index (χ3n) is 4.53. The number of aliphatic hydroxyl groups excluding tert-OH is 1. The molecule has 2 fully saturated rings. The minimum atomic E-state index is -0.267. The molecule has 1 N–H and O–H groups in total. The smallest absolute Gasteiger partial charge is 0.0636 e. The monoisotopic (exact) mass is 299 g/mol. The van der Waals surface area contributed by atoms with Crippen molar-refractivity contribution in [1.82, 2.24) is 4.90 Å². The number of hydrogen-bond donors (Lipinski definition) is 1. The first kappa shape index (κ1) is 13.7. The zero-order valence-electron chi connectivity index (χ0n) is 10.9. The molecule has 0 unspecified atom stereocenters. The van der Waals surface area contributed by atoms with Crippen LogP contribution < -0.4 is 0 Å². The highest BCUT2D eigenvalue weighted by Gasteiger charge is 2.39. The molecule has 19 heavy (non-hydrogen) atoms. The second kappa shape index (κ2) is 5.61. The average molecular weight is 300 g/mol. The van der Waals surface area contributed by atoms with E-state index in [9.17, 15) is 5.11 Å². The Hall–Kier alpha value is -0.280. The number of piperidine rings is 2. The summed E-state index contributed by atoms with van der Waals surface area (Å²) in [6, 6.07) is 6.24. The average Bonchev–Trinajstić information content (AvgIpc) is 2.42. The van der Waals surface area contributed by atoms with Gasteiger partial charge in [-0.2, -0.15) is 0 Å². The molecule has 104 valence electrons. The Morgan fingerprint density at radius 3 is 2.68 bits per heavy atom. The van der Waals surface area contributed by atoms with Gasteiger partial charge < -0.3 is 5.11 Å². The standard InChI is InChI=1S/C15H19Cl2NO/c16-11-5-4-10(9-12(11)17)15-13-3-1-2-7-18(13)8-6-14(15)19/h4-5,9,13-15,19H,1-3,6-8H2/t13-,14-,15-/m1/s1. The van der Waals surface area contributed by atoms with E-state index < -0.39 is 0 Å². The summed E-state index contributed by atoms with van der Waals surface area (Å²) in [5.41, 5.74) is 1.12. The van der Waals surface area contributed by atoms with Gasteiger partial charge in [-0.25, -0.2) is 0 Å². The summed E-state index contributed by atoms with van der Waals surface area (Å²) in [6.07, 6.45) is 4.28. The number of nitrogens with zero attached hydrogens (tertiary/aromatic N) is 1. The summed E-state index contributed by atoms with van der Waals surface area (Å²) in [6.45, 7) is 2.18. The van der Waals surface area contributed by atoms with Gasteiger partial charge in [0.15, 0.2) is 0 Å². The van der Waals surface area contributed by atoms with Crippen LogP contribution in [0.15, 0.2) is 18.2 Å². The third kappa shape index (κ3) is 2.64. The molecule has 2 heterocycles. The van der Waals surface area contributed by atoms with Crippen molar-refractivity contribution < 1.29 is 5.11 Å². The van der Waals surface area contributed by atoms with Gasteiger partial charge in [0.05, 0.1) is 16.1 Å². The molecule has 0 amide bonds. The zero-order valence-corrected chi connectivity index (χ0v) is 12.4. The Labute approximate surface area is 124 Å². The highest BCUT2D eigenvalue weighted by molar-refractivity contribution is 6.42. The van der Waals surface area contributed by atoms with Crippen molar-refractivity contribution in [1.29, 1.82) is 0 Å². The van der Waals surface area contributed by atoms with Crippen molar-refractivity contribution >= 4 is 23.2 Å². The van der Waals surface area contributed by atoms with Crippen LogP contribution in [0.2, 0.25) is 10.0 Å². The van der Waals surface area contributed by atoms with Gasteiger partial charge in [-0.15, -0.1) is 0 Å². The summed E-state index contributed by atoms with van der Waals surface area (Å²) in [5, 5.41) is 11.6. The molecule has 0 radical (unpaired) electrons. The van der Waals surface area contributed by atoms with Crippen molar-refractivity contribution in [3.05, 3.63) is 33.8 Å². The number of hydrogen-bond acceptors (Lipinski definition) is 2. The maximum absolute atomic E-state index is 10.4. The van der Waals surface area contributed by atoms with Crippen LogP contribution in [0, 0.1) is 0 Å². The van der Waals surface area contributed by atoms with Crippen LogP contribution in [0.1, 0.15) is 37.2 Å². The van der Waals surface area contributed by atoms with Crippen molar-refractivity contribution in [2.45, 2.75) is 43.7 Å². The van der Waals surface area contributed by atoms with Gasteiger partial charge >= 0.3 is 0 Å². The van der Waals surface area contributed by atoms with Crippen LogP contribution >= 0.6 is 23.2 Å². The third-order valence-corrected chi connectivity index (χ3v) is 5.27. The van der Waals surface area contributed by atoms with Gasteiger partial charge in [0.25, 0.3) is 0 Å². The SMILES string of the molecule is O[C@@H]1CCN2CCCC[C@@H]2[C@H]1c1ccc(Cl)c(Cl)c1. The quantitative estimate of drug-likeness (QED) is 0.855. The fourth-order valence-corrected chi connectivity index (χ4v) is 3.91. The minimum absolute atomic E-state index is 0.170. The van der Waals surface area contributed by atoms with E-state index in [4.69, 9.17) is 23.2 Å². The Bertz CT molecular complexity index is 465. The fraction of sp³-hybridized carbons (Fsp3) is 0.600. The number of halogens is 2. The molecule has 0 aliphatic carbocycles. The second-order valence-corrected chi connectivity index (χ2v) is 6.47. The highest BCUT2D eigenvalue weighted by Crippen LogP contribution is 2.39. The molecule has 0 saturated carbocycles.